The lowest BCUT2D eigenvalue weighted by Crippen LogP contribution is -2.45. The predicted octanol–water partition coefficient (Wildman–Crippen LogP) is 2.35. The number of amides is 1. The van der Waals surface area contributed by atoms with Gasteiger partial charge in [-0.25, -0.2) is 4.98 Å². The Morgan fingerprint density at radius 3 is 2.92 bits per heavy atom. The molecule has 1 atom stereocenters. The van der Waals surface area contributed by atoms with Gasteiger partial charge in [-0.05, 0) is 18.8 Å². The quantitative estimate of drug-likeness (QED) is 0.859. The van der Waals surface area contributed by atoms with E-state index in [0.717, 1.165) is 25.9 Å². The van der Waals surface area contributed by atoms with E-state index in [2.05, 4.69) is 20.1 Å². The molecule has 7 nitrogen and oxygen atoms in total. The van der Waals surface area contributed by atoms with E-state index in [1.54, 1.807) is 18.6 Å². The molecule has 0 aromatic carbocycles. The topological polar surface area (TPSA) is 85.0 Å². The van der Waals surface area contributed by atoms with E-state index in [0.29, 0.717) is 29.7 Å². The Morgan fingerprint density at radius 1 is 1.38 bits per heavy atom. The second-order valence-corrected chi connectivity index (χ2v) is 7.32. The van der Waals surface area contributed by atoms with Crippen LogP contribution in [0.2, 0.25) is 0 Å². The Morgan fingerprint density at radius 2 is 2.21 bits per heavy atom. The fourth-order valence-corrected chi connectivity index (χ4v) is 2.99. The summed E-state index contributed by atoms with van der Waals surface area (Å²) in [4.78, 5) is 27.0. The summed E-state index contributed by atoms with van der Waals surface area (Å²) in [5, 5.41) is 3.98. The lowest BCUT2D eigenvalue weighted by atomic mass is 9.90. The molecule has 0 spiro atoms. The van der Waals surface area contributed by atoms with Crippen molar-refractivity contribution in [3.63, 3.8) is 0 Å². The first-order chi connectivity index (χ1) is 11.4. The van der Waals surface area contributed by atoms with Crippen LogP contribution in [0.25, 0.3) is 11.5 Å². The summed E-state index contributed by atoms with van der Waals surface area (Å²) in [6.45, 7) is 7.47. The number of carbonyl (C=O) groups is 1. The van der Waals surface area contributed by atoms with Gasteiger partial charge < -0.3 is 9.42 Å². The van der Waals surface area contributed by atoms with Gasteiger partial charge in [-0.3, -0.25) is 9.78 Å². The molecule has 0 saturated carbocycles. The van der Waals surface area contributed by atoms with Gasteiger partial charge >= 0.3 is 0 Å². The maximum Gasteiger partial charge on any atom is 0.227 e. The van der Waals surface area contributed by atoms with Crippen LogP contribution >= 0.6 is 0 Å². The van der Waals surface area contributed by atoms with Gasteiger partial charge in [0.05, 0.1) is 6.20 Å². The van der Waals surface area contributed by atoms with Crippen molar-refractivity contribution >= 4 is 5.91 Å². The molecule has 0 N–H and O–H groups in total. The molecule has 1 unspecified atom stereocenters. The standard InChI is InChI=1S/C17H23N5O2/c1-17(2,3)16(23)22-8-4-5-12(11-22)9-14-20-15(21-24-14)13-10-18-6-7-19-13/h6-7,10,12H,4-5,8-9,11H2,1-3H3. The summed E-state index contributed by atoms with van der Waals surface area (Å²) in [5.41, 5.74) is 0.256. The fraction of sp³-hybridized carbons (Fsp3) is 0.588. The van der Waals surface area contributed by atoms with Crippen LogP contribution in [0.15, 0.2) is 23.1 Å². The molecule has 24 heavy (non-hydrogen) atoms. The zero-order valence-corrected chi connectivity index (χ0v) is 14.4. The van der Waals surface area contributed by atoms with Crippen LogP contribution in [0, 0.1) is 11.3 Å². The summed E-state index contributed by atoms with van der Waals surface area (Å²) in [5.74, 6) is 1.60. The first-order valence-electron chi connectivity index (χ1n) is 8.32. The van der Waals surface area contributed by atoms with Gasteiger partial charge in [0.2, 0.25) is 17.6 Å². The molecule has 3 heterocycles. The normalized spacial score (nSPS) is 18.6. The second-order valence-electron chi connectivity index (χ2n) is 7.32. The van der Waals surface area contributed by atoms with Crippen LogP contribution in [0.4, 0.5) is 0 Å². The minimum Gasteiger partial charge on any atom is -0.342 e. The van der Waals surface area contributed by atoms with E-state index >= 15 is 0 Å². The van der Waals surface area contributed by atoms with Gasteiger partial charge in [0.25, 0.3) is 0 Å². The number of rotatable bonds is 3. The van der Waals surface area contributed by atoms with Crippen LogP contribution in [-0.4, -0.2) is 44.0 Å². The molecule has 3 rings (SSSR count). The fourth-order valence-electron chi connectivity index (χ4n) is 2.99. The summed E-state index contributed by atoms with van der Waals surface area (Å²) in [6, 6.07) is 0. The van der Waals surface area contributed by atoms with Crippen LogP contribution in [0.1, 0.15) is 39.5 Å². The van der Waals surface area contributed by atoms with Crippen molar-refractivity contribution in [1.82, 2.24) is 25.0 Å². The number of likely N-dealkylation sites (tertiary alicyclic amines) is 1. The lowest BCUT2D eigenvalue weighted by molar-refractivity contribution is -0.141. The molecule has 1 aliphatic rings. The van der Waals surface area contributed by atoms with Crippen molar-refractivity contribution in [3.05, 3.63) is 24.5 Å². The number of aromatic nitrogens is 4. The zero-order valence-electron chi connectivity index (χ0n) is 14.4. The molecule has 0 radical (unpaired) electrons. The molecule has 0 bridgehead atoms. The lowest BCUT2D eigenvalue weighted by Gasteiger charge is -2.36. The van der Waals surface area contributed by atoms with E-state index in [1.165, 1.54) is 0 Å². The molecule has 2 aromatic rings. The van der Waals surface area contributed by atoms with Crippen LogP contribution in [0.5, 0.6) is 0 Å². The highest BCUT2D eigenvalue weighted by atomic mass is 16.5. The van der Waals surface area contributed by atoms with Gasteiger partial charge in [-0.15, -0.1) is 0 Å². The zero-order chi connectivity index (χ0) is 17.2. The largest absolute Gasteiger partial charge is 0.342 e. The molecule has 1 amide bonds. The molecule has 1 saturated heterocycles. The number of piperidine rings is 1. The molecule has 128 valence electrons. The average Bonchev–Trinajstić information content (AvgIpc) is 3.03. The highest BCUT2D eigenvalue weighted by molar-refractivity contribution is 5.81. The van der Waals surface area contributed by atoms with Gasteiger partial charge in [-0.2, -0.15) is 4.98 Å². The second kappa shape index (κ2) is 6.67. The first kappa shape index (κ1) is 16.5. The Bertz CT molecular complexity index is 693. The first-order valence-corrected chi connectivity index (χ1v) is 8.32. The molecule has 2 aromatic heterocycles. The highest BCUT2D eigenvalue weighted by Crippen LogP contribution is 2.25. The number of carbonyl (C=O) groups excluding carboxylic acids is 1. The smallest absolute Gasteiger partial charge is 0.227 e. The third-order valence-corrected chi connectivity index (χ3v) is 4.17. The molecular formula is C17H23N5O2. The SMILES string of the molecule is CC(C)(C)C(=O)N1CCCC(Cc2nc(-c3cnccn3)no2)C1. The van der Waals surface area contributed by atoms with E-state index in [9.17, 15) is 4.79 Å². The van der Waals surface area contributed by atoms with E-state index in [-0.39, 0.29) is 11.3 Å². The molecule has 1 fully saturated rings. The number of hydrogen-bond acceptors (Lipinski definition) is 6. The van der Waals surface area contributed by atoms with Gasteiger partial charge in [-0.1, -0.05) is 25.9 Å². The maximum absolute atomic E-state index is 12.5. The third kappa shape index (κ3) is 3.77. The monoisotopic (exact) mass is 329 g/mol. The minimum absolute atomic E-state index is 0.206. The van der Waals surface area contributed by atoms with Gasteiger partial charge in [0.15, 0.2) is 0 Å². The summed E-state index contributed by atoms with van der Waals surface area (Å²) in [6.07, 6.45) is 7.57. The van der Waals surface area contributed by atoms with Crippen LogP contribution < -0.4 is 0 Å². The molecule has 7 heteroatoms. The van der Waals surface area contributed by atoms with Gasteiger partial charge in [0.1, 0.15) is 5.69 Å². The Kier molecular flexibility index (Phi) is 4.59. The van der Waals surface area contributed by atoms with E-state index < -0.39 is 0 Å². The van der Waals surface area contributed by atoms with Crippen molar-refractivity contribution in [2.45, 2.75) is 40.0 Å². The summed E-state index contributed by atoms with van der Waals surface area (Å²) >= 11 is 0. The maximum atomic E-state index is 12.5. The van der Waals surface area contributed by atoms with Crippen molar-refractivity contribution < 1.29 is 9.32 Å². The minimum atomic E-state index is -0.342. The van der Waals surface area contributed by atoms with E-state index in [4.69, 9.17) is 4.52 Å². The van der Waals surface area contributed by atoms with Crippen molar-refractivity contribution in [2.24, 2.45) is 11.3 Å². The number of hydrogen-bond donors (Lipinski definition) is 0. The summed E-state index contributed by atoms with van der Waals surface area (Å²) < 4.78 is 5.35. The predicted molar refractivity (Wildman–Crippen MR) is 87.8 cm³/mol. The van der Waals surface area contributed by atoms with Crippen molar-refractivity contribution in [2.75, 3.05) is 13.1 Å². The van der Waals surface area contributed by atoms with Crippen LogP contribution in [-0.2, 0) is 11.2 Å². The van der Waals surface area contributed by atoms with Crippen molar-refractivity contribution in [1.29, 1.82) is 0 Å². The Hall–Kier alpha value is -2.31. The third-order valence-electron chi connectivity index (χ3n) is 4.17. The molecule has 1 aliphatic heterocycles. The van der Waals surface area contributed by atoms with Crippen molar-refractivity contribution in [3.8, 4) is 11.5 Å². The number of nitrogens with zero attached hydrogens (tertiary/aromatic N) is 5. The Balaban J connectivity index is 1.64. The van der Waals surface area contributed by atoms with Crippen LogP contribution in [0.3, 0.4) is 0 Å². The van der Waals surface area contributed by atoms with Gasteiger partial charge in [0, 0.05) is 37.3 Å². The molecule has 0 aliphatic carbocycles. The summed E-state index contributed by atoms with van der Waals surface area (Å²) in [7, 11) is 0. The average molecular weight is 329 g/mol. The Labute approximate surface area is 141 Å². The molecular weight excluding hydrogens is 306 g/mol. The highest BCUT2D eigenvalue weighted by Gasteiger charge is 2.31. The van der Waals surface area contributed by atoms with E-state index in [1.807, 2.05) is 25.7 Å².